The molecule has 0 radical (unpaired) electrons. The second-order valence-corrected chi connectivity index (χ2v) is 3.36. The van der Waals surface area contributed by atoms with Gasteiger partial charge in [-0.1, -0.05) is 6.92 Å². The van der Waals surface area contributed by atoms with E-state index in [-0.39, 0.29) is 12.7 Å². The van der Waals surface area contributed by atoms with Crippen LogP contribution in [0.25, 0.3) is 0 Å². The Balaban J connectivity index is 2.66. The molecule has 0 aromatic rings. The Kier molecular flexibility index (Phi) is 3.63. The van der Waals surface area contributed by atoms with E-state index in [9.17, 15) is 10.2 Å². The number of aliphatic hydroxyl groups is 3. The summed E-state index contributed by atoms with van der Waals surface area (Å²) in [5, 5.41) is 27.7. The molecule has 1 saturated heterocycles. The van der Waals surface area contributed by atoms with Crippen molar-refractivity contribution in [1.29, 1.82) is 0 Å². The minimum absolute atomic E-state index is 0.296. The van der Waals surface area contributed by atoms with Crippen molar-refractivity contribution in [3.05, 3.63) is 0 Å². The summed E-state index contributed by atoms with van der Waals surface area (Å²) in [4.78, 5) is 0. The molecule has 1 aliphatic rings. The van der Waals surface area contributed by atoms with E-state index in [1.807, 2.05) is 6.92 Å². The molecule has 5 atom stereocenters. The van der Waals surface area contributed by atoms with E-state index in [4.69, 9.17) is 15.6 Å². The molecule has 5 N–H and O–H groups in total. The van der Waals surface area contributed by atoms with Crippen LogP contribution in [0.5, 0.6) is 0 Å². The van der Waals surface area contributed by atoms with Gasteiger partial charge in [0.15, 0.2) is 0 Å². The highest BCUT2D eigenvalue weighted by atomic mass is 16.5. The maximum Gasteiger partial charge on any atom is 0.110 e. The SMILES string of the molecule is CC[C@@H]1OC(CO)[C@@H](O)[C@H](O)C1N. The Morgan fingerprint density at radius 2 is 1.85 bits per heavy atom. The van der Waals surface area contributed by atoms with Gasteiger partial charge in [-0.25, -0.2) is 0 Å². The summed E-state index contributed by atoms with van der Waals surface area (Å²) >= 11 is 0. The maximum atomic E-state index is 9.48. The molecule has 0 aliphatic carbocycles. The first-order valence-electron chi connectivity index (χ1n) is 4.49. The summed E-state index contributed by atoms with van der Waals surface area (Å²) in [5.41, 5.74) is 5.62. The van der Waals surface area contributed by atoms with Crippen LogP contribution in [0, 0.1) is 0 Å². The van der Waals surface area contributed by atoms with Gasteiger partial charge in [-0.3, -0.25) is 0 Å². The fourth-order valence-corrected chi connectivity index (χ4v) is 1.58. The molecule has 0 bridgehead atoms. The fraction of sp³-hybridized carbons (Fsp3) is 1.00. The lowest BCUT2D eigenvalue weighted by Crippen LogP contribution is -2.61. The zero-order valence-corrected chi connectivity index (χ0v) is 7.63. The second kappa shape index (κ2) is 4.34. The van der Waals surface area contributed by atoms with Crippen LogP contribution in [0.4, 0.5) is 0 Å². The summed E-state index contributed by atoms with van der Waals surface area (Å²) in [5.74, 6) is 0. The minimum atomic E-state index is -1.09. The van der Waals surface area contributed by atoms with E-state index in [1.54, 1.807) is 0 Å². The molecule has 78 valence electrons. The average Bonchev–Trinajstić information content (AvgIpc) is 2.15. The van der Waals surface area contributed by atoms with Crippen molar-refractivity contribution in [2.24, 2.45) is 5.73 Å². The molecule has 0 saturated carbocycles. The number of rotatable bonds is 2. The summed E-state index contributed by atoms with van der Waals surface area (Å²) in [6.07, 6.45) is -2.48. The van der Waals surface area contributed by atoms with Gasteiger partial charge in [-0.15, -0.1) is 0 Å². The number of aliphatic hydroxyl groups excluding tert-OH is 3. The third-order valence-electron chi connectivity index (χ3n) is 2.49. The van der Waals surface area contributed by atoms with Crippen molar-refractivity contribution >= 4 is 0 Å². The fourth-order valence-electron chi connectivity index (χ4n) is 1.58. The molecule has 1 fully saturated rings. The van der Waals surface area contributed by atoms with Crippen molar-refractivity contribution in [3.63, 3.8) is 0 Å². The predicted molar refractivity (Wildman–Crippen MR) is 46.0 cm³/mol. The predicted octanol–water partition coefficient (Wildman–Crippen LogP) is -1.79. The van der Waals surface area contributed by atoms with Crippen molar-refractivity contribution in [2.75, 3.05) is 6.61 Å². The van der Waals surface area contributed by atoms with Gasteiger partial charge in [0.05, 0.1) is 18.8 Å². The maximum absolute atomic E-state index is 9.48. The first-order chi connectivity index (χ1) is 6.11. The summed E-state index contributed by atoms with van der Waals surface area (Å²) in [7, 11) is 0. The highest BCUT2D eigenvalue weighted by Crippen LogP contribution is 2.21. The zero-order chi connectivity index (χ0) is 10.0. The van der Waals surface area contributed by atoms with Gasteiger partial charge in [0.2, 0.25) is 0 Å². The monoisotopic (exact) mass is 191 g/mol. The highest BCUT2D eigenvalue weighted by molar-refractivity contribution is 4.93. The Labute approximate surface area is 77.1 Å². The van der Waals surface area contributed by atoms with Crippen LogP contribution in [0.15, 0.2) is 0 Å². The Morgan fingerprint density at radius 1 is 1.23 bits per heavy atom. The lowest BCUT2D eigenvalue weighted by molar-refractivity contribution is -0.189. The first-order valence-corrected chi connectivity index (χ1v) is 4.49. The molecular weight excluding hydrogens is 174 g/mol. The van der Waals surface area contributed by atoms with Crippen molar-refractivity contribution in [3.8, 4) is 0 Å². The summed E-state index contributed by atoms with van der Waals surface area (Å²) in [6.45, 7) is 1.57. The summed E-state index contributed by atoms with van der Waals surface area (Å²) < 4.78 is 5.29. The Bertz CT molecular complexity index is 146. The molecule has 0 amide bonds. The molecule has 0 spiro atoms. The topological polar surface area (TPSA) is 95.9 Å². The van der Waals surface area contributed by atoms with Crippen LogP contribution in [-0.4, -0.2) is 52.4 Å². The number of hydrogen-bond acceptors (Lipinski definition) is 5. The highest BCUT2D eigenvalue weighted by Gasteiger charge is 2.41. The third-order valence-corrected chi connectivity index (χ3v) is 2.49. The van der Waals surface area contributed by atoms with Gasteiger partial charge in [0, 0.05) is 0 Å². The molecule has 1 aliphatic heterocycles. The number of hydrogen-bond donors (Lipinski definition) is 4. The standard InChI is InChI=1S/C8H17NO4/c1-2-4-6(9)8(12)7(11)5(3-10)13-4/h4-8,10-12H,2-3,9H2,1H3/t4-,5?,6?,7+,8+/m0/s1. The van der Waals surface area contributed by atoms with E-state index < -0.39 is 24.4 Å². The molecule has 0 aromatic carbocycles. The normalized spacial score (nSPS) is 46.4. The Hall–Kier alpha value is -0.200. The summed E-state index contributed by atoms with van der Waals surface area (Å²) in [6, 6.07) is -0.581. The van der Waals surface area contributed by atoms with Gasteiger partial charge in [0.1, 0.15) is 18.3 Å². The van der Waals surface area contributed by atoms with Crippen molar-refractivity contribution in [1.82, 2.24) is 0 Å². The van der Waals surface area contributed by atoms with Gasteiger partial charge >= 0.3 is 0 Å². The zero-order valence-electron chi connectivity index (χ0n) is 7.63. The van der Waals surface area contributed by atoms with Gasteiger partial charge in [-0.2, -0.15) is 0 Å². The van der Waals surface area contributed by atoms with Crippen LogP contribution in [0.2, 0.25) is 0 Å². The lowest BCUT2D eigenvalue weighted by Gasteiger charge is -2.40. The molecule has 13 heavy (non-hydrogen) atoms. The quantitative estimate of drug-likeness (QED) is 0.413. The Morgan fingerprint density at radius 3 is 2.31 bits per heavy atom. The number of nitrogens with two attached hydrogens (primary N) is 1. The van der Waals surface area contributed by atoms with E-state index in [2.05, 4.69) is 0 Å². The number of ether oxygens (including phenoxy) is 1. The second-order valence-electron chi connectivity index (χ2n) is 3.36. The smallest absolute Gasteiger partial charge is 0.110 e. The largest absolute Gasteiger partial charge is 0.394 e. The van der Waals surface area contributed by atoms with Crippen LogP contribution in [-0.2, 0) is 4.74 Å². The van der Waals surface area contributed by atoms with Crippen molar-refractivity contribution in [2.45, 2.75) is 43.8 Å². The van der Waals surface area contributed by atoms with Gasteiger partial charge in [0.25, 0.3) is 0 Å². The van der Waals surface area contributed by atoms with E-state index in [1.165, 1.54) is 0 Å². The molecular formula is C8H17NO4. The molecule has 5 heteroatoms. The van der Waals surface area contributed by atoms with E-state index in [0.29, 0.717) is 6.42 Å². The van der Waals surface area contributed by atoms with Crippen LogP contribution in [0.1, 0.15) is 13.3 Å². The van der Waals surface area contributed by atoms with E-state index in [0.717, 1.165) is 0 Å². The molecule has 1 heterocycles. The third kappa shape index (κ3) is 2.00. The molecule has 5 nitrogen and oxygen atoms in total. The van der Waals surface area contributed by atoms with Gasteiger partial charge < -0.3 is 25.8 Å². The van der Waals surface area contributed by atoms with Crippen LogP contribution >= 0.6 is 0 Å². The lowest BCUT2D eigenvalue weighted by atomic mass is 9.92. The van der Waals surface area contributed by atoms with Crippen LogP contribution in [0.3, 0.4) is 0 Å². The minimum Gasteiger partial charge on any atom is -0.394 e. The van der Waals surface area contributed by atoms with Gasteiger partial charge in [-0.05, 0) is 6.42 Å². The van der Waals surface area contributed by atoms with Crippen LogP contribution < -0.4 is 5.73 Å². The van der Waals surface area contributed by atoms with E-state index >= 15 is 0 Å². The van der Waals surface area contributed by atoms with Crippen molar-refractivity contribution < 1.29 is 20.1 Å². The molecule has 0 aromatic heterocycles. The first kappa shape index (κ1) is 10.9. The molecule has 2 unspecified atom stereocenters. The average molecular weight is 191 g/mol. The molecule has 1 rings (SSSR count).